The zero-order valence-corrected chi connectivity index (χ0v) is 20.4. The number of amides is 1. The Morgan fingerprint density at radius 1 is 1.29 bits per heavy atom. The van der Waals surface area contributed by atoms with E-state index in [-0.39, 0.29) is 39.2 Å². The molecule has 3 rings (SSSR count). The van der Waals surface area contributed by atoms with Crippen LogP contribution in [0.1, 0.15) is 82.1 Å². The molecular weight excluding hydrogens is 499 g/mol. The molecule has 1 fully saturated rings. The van der Waals surface area contributed by atoms with Crippen molar-refractivity contribution >= 4 is 45.8 Å². The van der Waals surface area contributed by atoms with Gasteiger partial charge in [0, 0.05) is 5.92 Å². The largest absolute Gasteiger partial charge is 0.465 e. The van der Waals surface area contributed by atoms with Crippen molar-refractivity contribution in [1.82, 2.24) is 9.78 Å². The van der Waals surface area contributed by atoms with E-state index in [4.69, 9.17) is 21.1 Å². The van der Waals surface area contributed by atoms with Gasteiger partial charge in [-0.25, -0.2) is 9.59 Å². The van der Waals surface area contributed by atoms with Crippen LogP contribution in [0.4, 0.5) is 18.2 Å². The van der Waals surface area contributed by atoms with Gasteiger partial charge in [0.05, 0.1) is 30.0 Å². The summed E-state index contributed by atoms with van der Waals surface area (Å²) in [7, 11) is 1.18. The van der Waals surface area contributed by atoms with Crippen molar-refractivity contribution in [3.63, 3.8) is 0 Å². The second-order valence-electron chi connectivity index (χ2n) is 7.82. The highest BCUT2D eigenvalue weighted by Crippen LogP contribution is 2.47. The molecule has 1 unspecified atom stereocenters. The SMILES string of the molecule is CCCOC(=O)c1c(NC(=O)C(C)n2nc(C(F)(F)F)c(Cl)c2C2CC2)sc(C(=O)OC)c1C. The number of carbonyl (C=O) groups is 3. The standard InChI is InChI=1S/C21H23ClF3N3O5S/c1-5-8-33-19(30)12-9(2)15(20(31)32-4)34-18(12)26-17(29)10(3)28-14(11-6-7-11)13(22)16(27-28)21(23,24)25/h10-11H,5-8H2,1-4H3,(H,26,29). The lowest BCUT2D eigenvalue weighted by atomic mass is 10.1. The fourth-order valence-electron chi connectivity index (χ4n) is 3.36. The Morgan fingerprint density at radius 3 is 2.47 bits per heavy atom. The van der Waals surface area contributed by atoms with E-state index in [1.54, 1.807) is 6.92 Å². The van der Waals surface area contributed by atoms with Gasteiger partial charge in [0.25, 0.3) is 0 Å². The van der Waals surface area contributed by atoms with Crippen molar-refractivity contribution in [2.45, 2.75) is 58.2 Å². The molecule has 0 aromatic carbocycles. The first kappa shape index (κ1) is 26.0. The first-order valence-corrected chi connectivity index (χ1v) is 11.7. The number of methoxy groups -OCH3 is 1. The molecule has 0 saturated heterocycles. The zero-order valence-electron chi connectivity index (χ0n) is 18.8. The highest BCUT2D eigenvalue weighted by atomic mass is 35.5. The van der Waals surface area contributed by atoms with Gasteiger partial charge in [-0.1, -0.05) is 18.5 Å². The van der Waals surface area contributed by atoms with E-state index in [2.05, 4.69) is 10.4 Å². The Hall–Kier alpha value is -2.60. The van der Waals surface area contributed by atoms with Crippen LogP contribution in [-0.4, -0.2) is 41.3 Å². The van der Waals surface area contributed by atoms with Crippen molar-refractivity contribution in [2.75, 3.05) is 19.0 Å². The summed E-state index contributed by atoms with van der Waals surface area (Å²) in [5.41, 5.74) is -0.853. The van der Waals surface area contributed by atoms with E-state index in [0.717, 1.165) is 16.0 Å². The zero-order chi connectivity index (χ0) is 25.4. The van der Waals surface area contributed by atoms with Crippen molar-refractivity contribution in [3.05, 3.63) is 32.4 Å². The third-order valence-corrected chi connectivity index (χ3v) is 6.82. The quantitative estimate of drug-likeness (QED) is 0.470. The lowest BCUT2D eigenvalue weighted by molar-refractivity contribution is -0.141. The lowest BCUT2D eigenvalue weighted by Crippen LogP contribution is -2.26. The summed E-state index contributed by atoms with van der Waals surface area (Å²) < 4.78 is 51.0. The molecule has 13 heteroatoms. The van der Waals surface area contributed by atoms with E-state index >= 15 is 0 Å². The molecule has 34 heavy (non-hydrogen) atoms. The number of nitrogens with one attached hydrogen (secondary N) is 1. The molecule has 2 aromatic rings. The van der Waals surface area contributed by atoms with Gasteiger partial charge >= 0.3 is 18.1 Å². The molecule has 8 nitrogen and oxygen atoms in total. The van der Waals surface area contributed by atoms with Crippen LogP contribution in [0.5, 0.6) is 0 Å². The number of hydrogen-bond donors (Lipinski definition) is 1. The molecule has 186 valence electrons. The summed E-state index contributed by atoms with van der Waals surface area (Å²) in [6, 6.07) is -1.19. The van der Waals surface area contributed by atoms with Crippen LogP contribution in [0.3, 0.4) is 0 Å². The van der Waals surface area contributed by atoms with Gasteiger partial charge in [-0.2, -0.15) is 18.3 Å². The molecule has 0 aliphatic heterocycles. The average molecular weight is 522 g/mol. The van der Waals surface area contributed by atoms with Crippen LogP contribution in [0.25, 0.3) is 0 Å². The lowest BCUT2D eigenvalue weighted by Gasteiger charge is -2.16. The molecule has 0 bridgehead atoms. The normalized spacial score (nSPS) is 14.6. The van der Waals surface area contributed by atoms with Gasteiger partial charge in [0.2, 0.25) is 5.91 Å². The summed E-state index contributed by atoms with van der Waals surface area (Å²) in [5, 5.41) is 5.66. The molecule has 1 N–H and O–H groups in total. The number of anilines is 1. The third-order valence-electron chi connectivity index (χ3n) is 5.26. The topological polar surface area (TPSA) is 99.5 Å². The number of rotatable bonds is 8. The van der Waals surface area contributed by atoms with Crippen molar-refractivity contribution in [1.29, 1.82) is 0 Å². The van der Waals surface area contributed by atoms with Crippen molar-refractivity contribution in [2.24, 2.45) is 0 Å². The van der Waals surface area contributed by atoms with Crippen molar-refractivity contribution < 1.29 is 37.0 Å². The second kappa shape index (κ2) is 9.95. The van der Waals surface area contributed by atoms with Crippen LogP contribution >= 0.6 is 22.9 Å². The molecule has 1 atom stereocenters. The maximum absolute atomic E-state index is 13.4. The summed E-state index contributed by atoms with van der Waals surface area (Å²) in [4.78, 5) is 37.9. The molecule has 0 spiro atoms. The van der Waals surface area contributed by atoms with Gasteiger partial charge in [-0.15, -0.1) is 11.3 Å². The fraction of sp³-hybridized carbons (Fsp3) is 0.524. The van der Waals surface area contributed by atoms with Crippen molar-refractivity contribution in [3.8, 4) is 0 Å². The minimum Gasteiger partial charge on any atom is -0.465 e. The number of carbonyl (C=O) groups excluding carboxylic acids is 3. The Balaban J connectivity index is 1.97. The molecule has 2 aromatic heterocycles. The molecule has 1 aliphatic carbocycles. The van der Waals surface area contributed by atoms with Gasteiger partial charge in [0.15, 0.2) is 5.69 Å². The monoisotopic (exact) mass is 521 g/mol. The number of thiophene rings is 1. The fourth-order valence-corrected chi connectivity index (χ4v) is 4.86. The predicted octanol–water partition coefficient (Wildman–Crippen LogP) is 5.36. The summed E-state index contributed by atoms with van der Waals surface area (Å²) >= 11 is 6.82. The van der Waals surface area contributed by atoms with E-state index in [9.17, 15) is 27.6 Å². The number of alkyl halides is 3. The van der Waals surface area contributed by atoms with Gasteiger partial charge in [-0.05, 0) is 38.7 Å². The number of esters is 2. The highest BCUT2D eigenvalue weighted by molar-refractivity contribution is 7.18. The maximum Gasteiger partial charge on any atom is 0.436 e. The Labute approximate surface area is 202 Å². The number of aromatic nitrogens is 2. The molecule has 1 aliphatic rings. The third kappa shape index (κ3) is 5.07. The van der Waals surface area contributed by atoms with E-state index in [1.165, 1.54) is 21.0 Å². The second-order valence-corrected chi connectivity index (χ2v) is 9.22. The predicted molar refractivity (Wildman–Crippen MR) is 119 cm³/mol. The Morgan fingerprint density at radius 2 is 1.94 bits per heavy atom. The molecular formula is C21H23ClF3N3O5S. The summed E-state index contributed by atoms with van der Waals surface area (Å²) in [5.74, 6) is -2.41. The molecule has 1 amide bonds. The molecule has 2 heterocycles. The van der Waals surface area contributed by atoms with Crippen LogP contribution < -0.4 is 5.32 Å². The minimum absolute atomic E-state index is 0.0173. The van der Waals surface area contributed by atoms with Gasteiger partial charge in [-0.3, -0.25) is 9.48 Å². The van der Waals surface area contributed by atoms with E-state index < -0.39 is 40.8 Å². The Bertz CT molecular complexity index is 1120. The number of nitrogens with zero attached hydrogens (tertiary/aromatic N) is 2. The van der Waals surface area contributed by atoms with Crippen LogP contribution in [0.15, 0.2) is 0 Å². The highest BCUT2D eigenvalue weighted by Gasteiger charge is 2.43. The molecule has 1 saturated carbocycles. The summed E-state index contributed by atoms with van der Waals surface area (Å²) in [6.07, 6.45) is -2.95. The van der Waals surface area contributed by atoms with Gasteiger partial charge in [0.1, 0.15) is 15.9 Å². The number of ether oxygens (including phenoxy) is 2. The van der Waals surface area contributed by atoms with E-state index in [0.29, 0.717) is 19.3 Å². The first-order chi connectivity index (χ1) is 15.9. The Kier molecular flexibility index (Phi) is 7.61. The molecule has 0 radical (unpaired) electrons. The smallest absolute Gasteiger partial charge is 0.436 e. The number of hydrogen-bond acceptors (Lipinski definition) is 7. The maximum atomic E-state index is 13.4. The van der Waals surface area contributed by atoms with E-state index in [1.807, 2.05) is 0 Å². The summed E-state index contributed by atoms with van der Waals surface area (Å²) in [6.45, 7) is 4.82. The minimum atomic E-state index is -4.78. The van der Waals surface area contributed by atoms with Crippen LogP contribution in [0, 0.1) is 6.92 Å². The average Bonchev–Trinajstić information content (AvgIpc) is 3.47. The van der Waals surface area contributed by atoms with Crippen LogP contribution in [0.2, 0.25) is 5.02 Å². The first-order valence-electron chi connectivity index (χ1n) is 10.5. The van der Waals surface area contributed by atoms with Gasteiger partial charge < -0.3 is 14.8 Å². The van der Waals surface area contributed by atoms with Crippen LogP contribution in [-0.2, 0) is 20.4 Å². The number of halogens is 4.